The molecule has 2 heterocycles. The molecule has 3 fully saturated rings. The van der Waals surface area contributed by atoms with Gasteiger partial charge in [-0.3, -0.25) is 4.79 Å². The summed E-state index contributed by atoms with van der Waals surface area (Å²) >= 11 is 0. The molecule has 0 spiro atoms. The molecule has 6 nitrogen and oxygen atoms in total. The zero-order chi connectivity index (χ0) is 20.7. The van der Waals surface area contributed by atoms with Crippen LogP contribution in [0.4, 0.5) is 0 Å². The van der Waals surface area contributed by atoms with Gasteiger partial charge in [0, 0.05) is 23.5 Å². The summed E-state index contributed by atoms with van der Waals surface area (Å²) in [5.74, 6) is 2.96. The number of carbonyl (C=O) groups is 1. The van der Waals surface area contributed by atoms with Crippen molar-refractivity contribution in [3.05, 3.63) is 23.3 Å². The van der Waals surface area contributed by atoms with Gasteiger partial charge < -0.3 is 4.90 Å². The zero-order valence-corrected chi connectivity index (χ0v) is 18.5. The third-order valence-electron chi connectivity index (χ3n) is 7.59. The molecule has 0 saturated heterocycles. The topological polar surface area (TPSA) is 63.4 Å². The third-order valence-corrected chi connectivity index (χ3v) is 7.59. The van der Waals surface area contributed by atoms with Gasteiger partial charge in [-0.15, -0.1) is 5.10 Å². The van der Waals surface area contributed by atoms with Crippen LogP contribution in [0.15, 0.2) is 6.07 Å². The number of carbonyl (C=O) groups excluding carboxylic acids is 1. The lowest BCUT2D eigenvalue weighted by Gasteiger charge is -2.44. The van der Waals surface area contributed by atoms with Gasteiger partial charge in [-0.05, 0) is 57.4 Å². The maximum absolute atomic E-state index is 13.6. The smallest absolute Gasteiger partial charge is 0.252 e. The number of amides is 1. The summed E-state index contributed by atoms with van der Waals surface area (Å²) in [5, 5.41) is 4.61. The van der Waals surface area contributed by atoms with Gasteiger partial charge >= 0.3 is 0 Å². The molecule has 3 saturated carbocycles. The van der Waals surface area contributed by atoms with E-state index in [0.29, 0.717) is 36.0 Å². The fourth-order valence-electron chi connectivity index (χ4n) is 6.12. The van der Waals surface area contributed by atoms with E-state index in [4.69, 9.17) is 0 Å². The third kappa shape index (κ3) is 3.97. The van der Waals surface area contributed by atoms with Gasteiger partial charge in [0.15, 0.2) is 5.82 Å². The van der Waals surface area contributed by atoms with Crippen LogP contribution < -0.4 is 0 Å². The second-order valence-corrected chi connectivity index (χ2v) is 9.90. The molecule has 5 rings (SSSR count). The normalized spacial score (nSPS) is 25.5. The molecule has 0 aromatic carbocycles. The fourth-order valence-corrected chi connectivity index (χ4v) is 6.12. The lowest BCUT2D eigenvalue weighted by atomic mass is 9.70. The van der Waals surface area contributed by atoms with Crippen LogP contribution in [-0.2, 0) is 11.2 Å². The van der Waals surface area contributed by atoms with Gasteiger partial charge in [0.05, 0.1) is 6.42 Å². The lowest BCUT2D eigenvalue weighted by molar-refractivity contribution is -0.136. The Morgan fingerprint density at radius 3 is 2.50 bits per heavy atom. The predicted octanol–water partition coefficient (Wildman–Crippen LogP) is 4.41. The minimum absolute atomic E-state index is 0.232. The van der Waals surface area contributed by atoms with Crippen molar-refractivity contribution in [2.45, 2.75) is 103 Å². The SMILES string of the molecule is Cc1cc(C)n2nc(CC(=O)N(C3CC3)[C@H]3CCCC[C@H]3C3CCCCC3)nc2n1. The minimum atomic E-state index is 0.232. The molecule has 30 heavy (non-hydrogen) atoms. The molecule has 2 atom stereocenters. The molecule has 0 aliphatic heterocycles. The minimum Gasteiger partial charge on any atom is -0.336 e. The van der Waals surface area contributed by atoms with Crippen LogP contribution in [0.2, 0.25) is 0 Å². The van der Waals surface area contributed by atoms with Crippen LogP contribution in [-0.4, -0.2) is 42.5 Å². The highest BCUT2D eigenvalue weighted by molar-refractivity contribution is 5.79. The molecule has 3 aliphatic carbocycles. The average molecular weight is 410 g/mol. The van der Waals surface area contributed by atoms with Gasteiger partial charge in [-0.1, -0.05) is 44.9 Å². The van der Waals surface area contributed by atoms with Gasteiger partial charge in [0.25, 0.3) is 5.78 Å². The Kier molecular flexibility index (Phi) is 5.50. The van der Waals surface area contributed by atoms with E-state index in [9.17, 15) is 4.79 Å². The second-order valence-electron chi connectivity index (χ2n) is 9.90. The van der Waals surface area contributed by atoms with Crippen molar-refractivity contribution < 1.29 is 4.79 Å². The van der Waals surface area contributed by atoms with E-state index in [0.717, 1.165) is 30.1 Å². The Morgan fingerprint density at radius 1 is 1.00 bits per heavy atom. The van der Waals surface area contributed by atoms with Gasteiger partial charge in [-0.25, -0.2) is 9.50 Å². The van der Waals surface area contributed by atoms with E-state index < -0.39 is 0 Å². The van der Waals surface area contributed by atoms with Crippen LogP contribution in [0.1, 0.15) is 87.8 Å². The Balaban J connectivity index is 1.37. The molecule has 2 aromatic rings. The van der Waals surface area contributed by atoms with Gasteiger partial charge in [-0.2, -0.15) is 4.98 Å². The summed E-state index contributed by atoms with van der Waals surface area (Å²) in [6.07, 6.45) is 14.6. The van der Waals surface area contributed by atoms with E-state index in [2.05, 4.69) is 20.0 Å². The average Bonchev–Trinajstić information content (AvgIpc) is 3.48. The van der Waals surface area contributed by atoms with Crippen molar-refractivity contribution >= 4 is 11.7 Å². The summed E-state index contributed by atoms with van der Waals surface area (Å²) in [4.78, 5) is 24.9. The Bertz CT molecular complexity index is 912. The molecule has 3 aliphatic rings. The summed E-state index contributed by atoms with van der Waals surface area (Å²) in [6.45, 7) is 3.98. The molecule has 0 radical (unpaired) electrons. The van der Waals surface area contributed by atoms with Crippen molar-refractivity contribution in [3.63, 3.8) is 0 Å². The van der Waals surface area contributed by atoms with Crippen LogP contribution in [0.25, 0.3) is 5.78 Å². The van der Waals surface area contributed by atoms with Crippen LogP contribution in [0, 0.1) is 25.7 Å². The molecule has 0 bridgehead atoms. The molecule has 6 heteroatoms. The maximum atomic E-state index is 13.6. The number of nitrogens with zero attached hydrogens (tertiary/aromatic N) is 5. The Labute approximate surface area is 179 Å². The molecule has 162 valence electrons. The first kappa shape index (κ1) is 20.0. The summed E-state index contributed by atoms with van der Waals surface area (Å²) in [5.41, 5.74) is 1.94. The number of rotatable bonds is 5. The fraction of sp³-hybridized carbons (Fsp3) is 0.750. The van der Waals surface area contributed by atoms with Crippen LogP contribution in [0.5, 0.6) is 0 Å². The number of hydrogen-bond donors (Lipinski definition) is 0. The number of aryl methyl sites for hydroxylation is 2. The van der Waals surface area contributed by atoms with Crippen LogP contribution >= 0.6 is 0 Å². The van der Waals surface area contributed by atoms with E-state index in [1.165, 1.54) is 57.8 Å². The highest BCUT2D eigenvalue weighted by Crippen LogP contribution is 2.43. The largest absolute Gasteiger partial charge is 0.336 e. The van der Waals surface area contributed by atoms with Gasteiger partial charge in [0.2, 0.25) is 5.91 Å². The first-order valence-corrected chi connectivity index (χ1v) is 12.1. The van der Waals surface area contributed by atoms with Crippen molar-refractivity contribution in [1.82, 2.24) is 24.5 Å². The van der Waals surface area contributed by atoms with Crippen LogP contribution in [0.3, 0.4) is 0 Å². The summed E-state index contributed by atoms with van der Waals surface area (Å²) in [7, 11) is 0. The van der Waals surface area contributed by atoms with Crippen molar-refractivity contribution in [1.29, 1.82) is 0 Å². The highest BCUT2D eigenvalue weighted by Gasteiger charge is 2.43. The van der Waals surface area contributed by atoms with E-state index in [-0.39, 0.29) is 5.91 Å². The molecule has 0 unspecified atom stereocenters. The quantitative estimate of drug-likeness (QED) is 0.734. The monoisotopic (exact) mass is 409 g/mol. The lowest BCUT2D eigenvalue weighted by Crippen LogP contribution is -2.50. The molecule has 2 aromatic heterocycles. The molecule has 0 N–H and O–H groups in total. The molecular weight excluding hydrogens is 374 g/mol. The first-order chi connectivity index (χ1) is 14.6. The van der Waals surface area contributed by atoms with Crippen molar-refractivity contribution in [3.8, 4) is 0 Å². The second kappa shape index (κ2) is 8.27. The Hall–Kier alpha value is -1.98. The number of hydrogen-bond acceptors (Lipinski definition) is 4. The predicted molar refractivity (Wildman–Crippen MR) is 116 cm³/mol. The van der Waals surface area contributed by atoms with E-state index in [1.54, 1.807) is 4.52 Å². The first-order valence-electron chi connectivity index (χ1n) is 12.1. The Morgan fingerprint density at radius 2 is 1.73 bits per heavy atom. The highest BCUT2D eigenvalue weighted by atomic mass is 16.2. The number of fused-ring (bicyclic) bond motifs is 1. The van der Waals surface area contributed by atoms with E-state index in [1.807, 2.05) is 19.9 Å². The van der Waals surface area contributed by atoms with Crippen molar-refractivity contribution in [2.24, 2.45) is 11.8 Å². The molecular formula is C24H35N5O. The number of aromatic nitrogens is 4. The maximum Gasteiger partial charge on any atom is 0.252 e. The zero-order valence-electron chi connectivity index (χ0n) is 18.5. The summed E-state index contributed by atoms with van der Waals surface area (Å²) in [6, 6.07) is 2.88. The van der Waals surface area contributed by atoms with Crippen molar-refractivity contribution in [2.75, 3.05) is 0 Å². The standard InChI is InChI=1S/C24H35N5O/c1-16-14-17(2)29-24(25-16)26-22(27-29)15-23(30)28(19-12-13-19)21-11-7-6-10-20(21)18-8-4-3-5-9-18/h14,18-21H,3-13,15H2,1-2H3/t20-,21-/m0/s1. The molecule has 1 amide bonds. The van der Waals surface area contributed by atoms with Gasteiger partial charge in [0.1, 0.15) is 0 Å². The van der Waals surface area contributed by atoms with E-state index >= 15 is 0 Å². The summed E-state index contributed by atoms with van der Waals surface area (Å²) < 4.78 is 1.77.